The van der Waals surface area contributed by atoms with E-state index in [1.165, 1.54) is 0 Å². The summed E-state index contributed by atoms with van der Waals surface area (Å²) in [5, 5.41) is 2.97. The number of aryl methyl sites for hydroxylation is 1. The van der Waals surface area contributed by atoms with Crippen LogP contribution in [0.15, 0.2) is 24.3 Å². The SMILES string of the molecule is CCOCCCNC(=O)C1CCN(C(=O)C=Cc2cc(C)ccc2OC)CC1. The molecule has 28 heavy (non-hydrogen) atoms. The maximum atomic E-state index is 12.5. The van der Waals surface area contributed by atoms with Crippen LogP contribution in [0.3, 0.4) is 0 Å². The molecule has 0 spiro atoms. The summed E-state index contributed by atoms with van der Waals surface area (Å²) in [4.78, 5) is 26.5. The van der Waals surface area contributed by atoms with E-state index in [9.17, 15) is 9.59 Å². The van der Waals surface area contributed by atoms with Crippen molar-refractivity contribution >= 4 is 17.9 Å². The van der Waals surface area contributed by atoms with E-state index in [4.69, 9.17) is 9.47 Å². The molecular formula is C22H32N2O4. The highest BCUT2D eigenvalue weighted by Crippen LogP contribution is 2.22. The number of nitrogens with one attached hydrogen (secondary N) is 1. The Hall–Kier alpha value is -2.34. The zero-order valence-corrected chi connectivity index (χ0v) is 17.2. The predicted molar refractivity (Wildman–Crippen MR) is 110 cm³/mol. The molecule has 2 rings (SSSR count). The van der Waals surface area contributed by atoms with Gasteiger partial charge in [0.05, 0.1) is 7.11 Å². The van der Waals surface area contributed by atoms with Crippen LogP contribution in [0, 0.1) is 12.8 Å². The summed E-state index contributed by atoms with van der Waals surface area (Å²) in [6.07, 6.45) is 5.61. The second-order valence-corrected chi connectivity index (χ2v) is 7.02. The molecule has 0 unspecified atom stereocenters. The Kier molecular flexibility index (Phi) is 9.01. The van der Waals surface area contributed by atoms with Crippen LogP contribution < -0.4 is 10.1 Å². The summed E-state index contributed by atoms with van der Waals surface area (Å²) in [5.41, 5.74) is 2.00. The third-order valence-electron chi connectivity index (χ3n) is 4.94. The molecule has 6 nitrogen and oxygen atoms in total. The van der Waals surface area contributed by atoms with Gasteiger partial charge in [-0.05, 0) is 51.3 Å². The molecule has 1 fully saturated rings. The Morgan fingerprint density at radius 3 is 2.71 bits per heavy atom. The third-order valence-corrected chi connectivity index (χ3v) is 4.94. The van der Waals surface area contributed by atoms with Crippen molar-refractivity contribution in [2.24, 2.45) is 5.92 Å². The highest BCUT2D eigenvalue weighted by molar-refractivity contribution is 5.92. The Labute approximate surface area is 167 Å². The molecule has 0 aromatic heterocycles. The van der Waals surface area contributed by atoms with E-state index >= 15 is 0 Å². The number of piperidine rings is 1. The number of nitrogens with zero attached hydrogens (tertiary/aromatic N) is 1. The monoisotopic (exact) mass is 388 g/mol. The summed E-state index contributed by atoms with van der Waals surface area (Å²) >= 11 is 0. The number of rotatable bonds is 9. The van der Waals surface area contributed by atoms with Crippen LogP contribution in [0.1, 0.15) is 37.3 Å². The molecule has 2 amide bonds. The first-order chi connectivity index (χ1) is 13.5. The zero-order valence-electron chi connectivity index (χ0n) is 17.2. The van der Waals surface area contributed by atoms with Crippen LogP contribution in [0.25, 0.3) is 6.08 Å². The van der Waals surface area contributed by atoms with Crippen molar-refractivity contribution in [3.63, 3.8) is 0 Å². The van der Waals surface area contributed by atoms with Gasteiger partial charge in [-0.3, -0.25) is 9.59 Å². The lowest BCUT2D eigenvalue weighted by Gasteiger charge is -2.30. The second kappa shape index (κ2) is 11.5. The smallest absolute Gasteiger partial charge is 0.246 e. The maximum absolute atomic E-state index is 12.5. The van der Waals surface area contributed by atoms with Crippen LogP contribution in [-0.4, -0.2) is 56.7 Å². The average molecular weight is 389 g/mol. The number of hydrogen-bond donors (Lipinski definition) is 1. The first-order valence-electron chi connectivity index (χ1n) is 10.0. The van der Waals surface area contributed by atoms with Gasteiger partial charge in [0.1, 0.15) is 5.75 Å². The minimum atomic E-state index is -0.0286. The molecule has 0 aliphatic carbocycles. The molecule has 6 heteroatoms. The molecule has 0 radical (unpaired) electrons. The predicted octanol–water partition coefficient (Wildman–Crippen LogP) is 2.80. The van der Waals surface area contributed by atoms with E-state index in [1.807, 2.05) is 32.0 Å². The number of benzene rings is 1. The molecule has 1 saturated heterocycles. The molecule has 1 heterocycles. The lowest BCUT2D eigenvalue weighted by atomic mass is 9.95. The topological polar surface area (TPSA) is 67.9 Å². The molecule has 0 saturated carbocycles. The van der Waals surface area contributed by atoms with Crippen LogP contribution in [0.2, 0.25) is 0 Å². The molecule has 1 aliphatic rings. The van der Waals surface area contributed by atoms with E-state index < -0.39 is 0 Å². The van der Waals surface area contributed by atoms with Crippen molar-refractivity contribution in [3.05, 3.63) is 35.4 Å². The summed E-state index contributed by atoms with van der Waals surface area (Å²) < 4.78 is 10.6. The van der Waals surface area contributed by atoms with Crippen molar-refractivity contribution in [1.82, 2.24) is 10.2 Å². The molecule has 1 N–H and O–H groups in total. The van der Waals surface area contributed by atoms with Crippen LogP contribution >= 0.6 is 0 Å². The number of amides is 2. The van der Waals surface area contributed by atoms with Gasteiger partial charge in [0.2, 0.25) is 11.8 Å². The zero-order chi connectivity index (χ0) is 20.4. The fourth-order valence-electron chi connectivity index (χ4n) is 3.29. The van der Waals surface area contributed by atoms with Crippen LogP contribution in [0.4, 0.5) is 0 Å². The standard InChI is InChI=1S/C22H32N2O4/c1-4-28-15-5-12-23-22(26)18-10-13-24(14-11-18)21(25)9-7-19-16-17(2)6-8-20(19)27-3/h6-9,16,18H,4-5,10-15H2,1-3H3,(H,23,26). The lowest BCUT2D eigenvalue weighted by molar-refractivity contribution is -0.132. The van der Waals surface area contributed by atoms with Crippen LogP contribution in [0.5, 0.6) is 5.75 Å². The number of hydrogen-bond acceptors (Lipinski definition) is 4. The van der Waals surface area contributed by atoms with Gasteiger partial charge < -0.3 is 19.7 Å². The highest BCUT2D eigenvalue weighted by Gasteiger charge is 2.26. The van der Waals surface area contributed by atoms with Crippen molar-refractivity contribution in [3.8, 4) is 5.75 Å². The van der Waals surface area contributed by atoms with E-state index in [-0.39, 0.29) is 17.7 Å². The first kappa shape index (κ1) is 22.0. The molecule has 0 bridgehead atoms. The van der Waals surface area contributed by atoms with Gasteiger partial charge in [0.25, 0.3) is 0 Å². The Balaban J connectivity index is 1.79. The number of methoxy groups -OCH3 is 1. The molecule has 154 valence electrons. The van der Waals surface area contributed by atoms with E-state index in [0.29, 0.717) is 45.7 Å². The summed E-state index contributed by atoms with van der Waals surface area (Å²) in [6.45, 7) is 7.17. The minimum absolute atomic E-state index is 0.0167. The Bertz CT molecular complexity index is 679. The quantitative estimate of drug-likeness (QED) is 0.522. The maximum Gasteiger partial charge on any atom is 0.246 e. The van der Waals surface area contributed by atoms with Crippen molar-refractivity contribution in [2.45, 2.75) is 33.1 Å². The summed E-state index contributed by atoms with van der Waals surface area (Å²) in [6, 6.07) is 5.87. The van der Waals surface area contributed by atoms with Crippen molar-refractivity contribution < 1.29 is 19.1 Å². The summed E-state index contributed by atoms with van der Waals surface area (Å²) in [5.74, 6) is 0.786. The molecule has 1 aliphatic heterocycles. The van der Waals surface area contributed by atoms with Gasteiger partial charge in [-0.25, -0.2) is 0 Å². The molecule has 1 aromatic carbocycles. The van der Waals surface area contributed by atoms with E-state index in [0.717, 1.165) is 23.3 Å². The Morgan fingerprint density at radius 2 is 2.04 bits per heavy atom. The number of likely N-dealkylation sites (tertiary alicyclic amines) is 1. The molecule has 0 atom stereocenters. The first-order valence-corrected chi connectivity index (χ1v) is 10.0. The fourth-order valence-corrected chi connectivity index (χ4v) is 3.29. The normalized spacial score (nSPS) is 15.0. The number of ether oxygens (including phenoxy) is 2. The third kappa shape index (κ3) is 6.68. The minimum Gasteiger partial charge on any atom is -0.496 e. The molecular weight excluding hydrogens is 356 g/mol. The fraction of sp³-hybridized carbons (Fsp3) is 0.545. The van der Waals surface area contributed by atoms with E-state index in [1.54, 1.807) is 24.2 Å². The second-order valence-electron chi connectivity index (χ2n) is 7.02. The van der Waals surface area contributed by atoms with Crippen LogP contribution in [-0.2, 0) is 14.3 Å². The van der Waals surface area contributed by atoms with Gasteiger partial charge >= 0.3 is 0 Å². The average Bonchev–Trinajstić information content (AvgIpc) is 2.72. The van der Waals surface area contributed by atoms with E-state index in [2.05, 4.69) is 5.32 Å². The largest absolute Gasteiger partial charge is 0.496 e. The van der Waals surface area contributed by atoms with Gasteiger partial charge in [-0.1, -0.05) is 11.6 Å². The van der Waals surface area contributed by atoms with Gasteiger partial charge in [0.15, 0.2) is 0 Å². The summed E-state index contributed by atoms with van der Waals surface area (Å²) in [7, 11) is 1.62. The number of carbonyl (C=O) groups excluding carboxylic acids is 2. The molecule has 1 aromatic rings. The van der Waals surface area contributed by atoms with Gasteiger partial charge in [-0.15, -0.1) is 0 Å². The lowest BCUT2D eigenvalue weighted by Crippen LogP contribution is -2.42. The Morgan fingerprint density at radius 1 is 1.29 bits per heavy atom. The van der Waals surface area contributed by atoms with Gasteiger partial charge in [-0.2, -0.15) is 0 Å². The number of carbonyl (C=O) groups is 2. The highest BCUT2D eigenvalue weighted by atomic mass is 16.5. The van der Waals surface area contributed by atoms with Crippen molar-refractivity contribution in [2.75, 3.05) is 40.0 Å². The van der Waals surface area contributed by atoms with Gasteiger partial charge in [0, 0.05) is 50.4 Å². The van der Waals surface area contributed by atoms with Crippen molar-refractivity contribution in [1.29, 1.82) is 0 Å².